The minimum atomic E-state index is -0.107. The molecule has 1 N–H and O–H groups in total. The average molecular weight is 357 g/mol. The Kier molecular flexibility index (Phi) is 4.76. The van der Waals surface area contributed by atoms with Crippen LogP contribution in [0.15, 0.2) is 23.6 Å². The molecule has 0 spiro atoms. The van der Waals surface area contributed by atoms with Crippen LogP contribution in [0.25, 0.3) is 11.3 Å². The number of aromatic nitrogens is 4. The van der Waals surface area contributed by atoms with Gasteiger partial charge in [-0.3, -0.25) is 14.2 Å². The molecule has 0 saturated carbocycles. The molecule has 3 aromatic rings. The maximum absolute atomic E-state index is 12.6. The Hall–Kier alpha value is -2.41. The van der Waals surface area contributed by atoms with E-state index in [2.05, 4.69) is 27.0 Å². The van der Waals surface area contributed by atoms with E-state index in [1.807, 2.05) is 44.6 Å². The number of hydrogen-bond donors (Lipinski definition) is 1. The summed E-state index contributed by atoms with van der Waals surface area (Å²) in [6.45, 7) is 5.98. The standard InChI is InChI=1S/C18H23N5OS/c1-11(9-14-7-6-8-25-14)19-18(24)16-10-15(21-23(16)5)17-12(2)20-22(4)13(17)3/h6-8,10-11H,9H2,1-5H3,(H,19,24)/t11-/m0/s1. The van der Waals surface area contributed by atoms with E-state index in [4.69, 9.17) is 0 Å². The molecule has 1 amide bonds. The molecule has 0 unspecified atom stereocenters. The minimum absolute atomic E-state index is 0.0614. The predicted molar refractivity (Wildman–Crippen MR) is 99.8 cm³/mol. The summed E-state index contributed by atoms with van der Waals surface area (Å²) >= 11 is 1.71. The molecule has 25 heavy (non-hydrogen) atoms. The van der Waals surface area contributed by atoms with Gasteiger partial charge in [-0.05, 0) is 38.3 Å². The zero-order valence-electron chi connectivity index (χ0n) is 15.2. The summed E-state index contributed by atoms with van der Waals surface area (Å²) in [4.78, 5) is 13.9. The van der Waals surface area contributed by atoms with Crippen molar-refractivity contribution in [2.24, 2.45) is 14.1 Å². The first-order chi connectivity index (χ1) is 11.9. The third kappa shape index (κ3) is 3.51. The Bertz CT molecular complexity index is 891. The number of aryl methyl sites for hydroxylation is 3. The third-order valence-electron chi connectivity index (χ3n) is 4.34. The van der Waals surface area contributed by atoms with Crippen molar-refractivity contribution in [3.63, 3.8) is 0 Å². The van der Waals surface area contributed by atoms with Gasteiger partial charge in [-0.2, -0.15) is 10.2 Å². The molecule has 7 heteroatoms. The van der Waals surface area contributed by atoms with Crippen LogP contribution < -0.4 is 5.32 Å². The maximum atomic E-state index is 12.6. The van der Waals surface area contributed by atoms with Crippen molar-refractivity contribution in [3.05, 3.63) is 45.5 Å². The topological polar surface area (TPSA) is 64.7 Å². The number of rotatable bonds is 5. The molecule has 1 atom stereocenters. The van der Waals surface area contributed by atoms with Crippen molar-refractivity contribution >= 4 is 17.2 Å². The molecule has 0 aliphatic rings. The number of carbonyl (C=O) groups excluding carboxylic acids is 1. The lowest BCUT2D eigenvalue weighted by molar-refractivity contribution is 0.0930. The van der Waals surface area contributed by atoms with Crippen molar-refractivity contribution < 1.29 is 4.79 Å². The van der Waals surface area contributed by atoms with Crippen LogP contribution in [0.2, 0.25) is 0 Å². The molecule has 0 fully saturated rings. The van der Waals surface area contributed by atoms with Crippen LogP contribution in [0.1, 0.15) is 33.7 Å². The van der Waals surface area contributed by atoms with Gasteiger partial charge in [-0.15, -0.1) is 11.3 Å². The van der Waals surface area contributed by atoms with Gasteiger partial charge in [-0.25, -0.2) is 0 Å². The van der Waals surface area contributed by atoms with Crippen LogP contribution in [0.5, 0.6) is 0 Å². The van der Waals surface area contributed by atoms with E-state index in [0.29, 0.717) is 5.69 Å². The molecule has 0 aliphatic carbocycles. The van der Waals surface area contributed by atoms with Gasteiger partial charge in [0.15, 0.2) is 0 Å². The molecular weight excluding hydrogens is 334 g/mol. The first kappa shape index (κ1) is 17.4. The lowest BCUT2D eigenvalue weighted by Crippen LogP contribution is -2.35. The number of nitrogens with one attached hydrogen (secondary N) is 1. The zero-order valence-corrected chi connectivity index (χ0v) is 16.0. The number of hydrogen-bond acceptors (Lipinski definition) is 4. The second kappa shape index (κ2) is 6.84. The molecule has 132 valence electrons. The Balaban J connectivity index is 1.79. The van der Waals surface area contributed by atoms with Crippen molar-refractivity contribution in [2.45, 2.75) is 33.2 Å². The molecule has 3 rings (SSSR count). The molecule has 0 radical (unpaired) electrons. The van der Waals surface area contributed by atoms with E-state index in [0.717, 1.165) is 29.1 Å². The summed E-state index contributed by atoms with van der Waals surface area (Å²) in [5.74, 6) is -0.107. The van der Waals surface area contributed by atoms with Gasteiger partial charge >= 0.3 is 0 Å². The van der Waals surface area contributed by atoms with E-state index in [1.54, 1.807) is 23.1 Å². The van der Waals surface area contributed by atoms with Crippen molar-refractivity contribution in [3.8, 4) is 11.3 Å². The fourth-order valence-electron chi connectivity index (χ4n) is 3.03. The van der Waals surface area contributed by atoms with Crippen LogP contribution in [-0.4, -0.2) is 31.5 Å². The monoisotopic (exact) mass is 357 g/mol. The number of nitrogens with zero attached hydrogens (tertiary/aromatic N) is 4. The molecule has 0 saturated heterocycles. The smallest absolute Gasteiger partial charge is 0.269 e. The maximum Gasteiger partial charge on any atom is 0.269 e. The number of amides is 1. The van der Waals surface area contributed by atoms with Gasteiger partial charge in [0.2, 0.25) is 0 Å². The highest BCUT2D eigenvalue weighted by atomic mass is 32.1. The van der Waals surface area contributed by atoms with Crippen LogP contribution in [0.3, 0.4) is 0 Å². The van der Waals surface area contributed by atoms with Crippen molar-refractivity contribution in [2.75, 3.05) is 0 Å². The molecule has 0 aromatic carbocycles. The predicted octanol–water partition coefficient (Wildman–Crippen LogP) is 2.86. The van der Waals surface area contributed by atoms with Crippen molar-refractivity contribution in [1.29, 1.82) is 0 Å². The Morgan fingerprint density at radius 2 is 2.04 bits per heavy atom. The fourth-order valence-corrected chi connectivity index (χ4v) is 3.86. The summed E-state index contributed by atoms with van der Waals surface area (Å²) in [5.41, 5.74) is 4.27. The lowest BCUT2D eigenvalue weighted by Gasteiger charge is -2.12. The van der Waals surface area contributed by atoms with E-state index >= 15 is 0 Å². The van der Waals surface area contributed by atoms with E-state index in [-0.39, 0.29) is 11.9 Å². The van der Waals surface area contributed by atoms with Gasteiger partial charge in [0.05, 0.1) is 11.4 Å². The summed E-state index contributed by atoms with van der Waals surface area (Å²) in [5, 5.41) is 14.1. The molecular formula is C18H23N5OS. The SMILES string of the molecule is Cc1nn(C)c(C)c1-c1cc(C(=O)N[C@@H](C)Cc2cccs2)n(C)n1. The molecule has 6 nitrogen and oxygen atoms in total. The highest BCUT2D eigenvalue weighted by molar-refractivity contribution is 7.09. The zero-order chi connectivity index (χ0) is 18.1. The van der Waals surface area contributed by atoms with E-state index < -0.39 is 0 Å². The normalized spacial score (nSPS) is 12.4. The first-order valence-electron chi connectivity index (χ1n) is 8.24. The van der Waals surface area contributed by atoms with Crippen LogP contribution in [0, 0.1) is 13.8 Å². The second-order valence-corrected chi connectivity index (χ2v) is 7.40. The molecule has 3 aromatic heterocycles. The highest BCUT2D eigenvalue weighted by Gasteiger charge is 2.20. The number of carbonyl (C=O) groups is 1. The largest absolute Gasteiger partial charge is 0.348 e. The average Bonchev–Trinajstić information content (AvgIpc) is 3.21. The van der Waals surface area contributed by atoms with Crippen LogP contribution in [0.4, 0.5) is 0 Å². The third-order valence-corrected chi connectivity index (χ3v) is 5.24. The van der Waals surface area contributed by atoms with E-state index in [1.165, 1.54) is 4.88 Å². The lowest BCUT2D eigenvalue weighted by atomic mass is 10.1. The first-order valence-corrected chi connectivity index (χ1v) is 9.12. The Labute approximate surface area is 151 Å². The summed E-state index contributed by atoms with van der Waals surface area (Å²) in [6.07, 6.45) is 0.828. The summed E-state index contributed by atoms with van der Waals surface area (Å²) < 4.78 is 3.47. The van der Waals surface area contributed by atoms with Gasteiger partial charge in [0, 0.05) is 42.7 Å². The Morgan fingerprint density at radius 1 is 1.28 bits per heavy atom. The number of thiophene rings is 1. The fraction of sp³-hybridized carbons (Fsp3) is 0.389. The molecule has 0 aliphatic heterocycles. The highest BCUT2D eigenvalue weighted by Crippen LogP contribution is 2.26. The quantitative estimate of drug-likeness (QED) is 0.764. The van der Waals surface area contributed by atoms with Crippen molar-refractivity contribution in [1.82, 2.24) is 24.9 Å². The van der Waals surface area contributed by atoms with Crippen LogP contribution in [-0.2, 0) is 20.5 Å². The van der Waals surface area contributed by atoms with E-state index in [9.17, 15) is 4.79 Å². The minimum Gasteiger partial charge on any atom is -0.348 e. The summed E-state index contributed by atoms with van der Waals surface area (Å²) in [7, 11) is 3.71. The second-order valence-electron chi connectivity index (χ2n) is 6.37. The van der Waals surface area contributed by atoms with Gasteiger partial charge in [0.1, 0.15) is 5.69 Å². The van der Waals surface area contributed by atoms with Crippen LogP contribution >= 0.6 is 11.3 Å². The van der Waals surface area contributed by atoms with Gasteiger partial charge in [-0.1, -0.05) is 6.07 Å². The summed E-state index contributed by atoms with van der Waals surface area (Å²) in [6, 6.07) is 6.01. The van der Waals surface area contributed by atoms with Gasteiger partial charge in [0.25, 0.3) is 5.91 Å². The molecule has 3 heterocycles. The van der Waals surface area contributed by atoms with Gasteiger partial charge < -0.3 is 5.32 Å². The molecule has 0 bridgehead atoms. The Morgan fingerprint density at radius 3 is 2.64 bits per heavy atom.